The summed E-state index contributed by atoms with van der Waals surface area (Å²) in [6.07, 6.45) is 4.66. The molecule has 0 heterocycles. The average Bonchev–Trinajstić information content (AvgIpc) is 2.09. The summed E-state index contributed by atoms with van der Waals surface area (Å²) in [5.41, 5.74) is 0. The fourth-order valence-electron chi connectivity index (χ4n) is 1.56. The van der Waals surface area contributed by atoms with Crippen molar-refractivity contribution in [1.82, 2.24) is 0 Å². The van der Waals surface area contributed by atoms with Gasteiger partial charge in [-0.05, 0) is 31.6 Å². The van der Waals surface area contributed by atoms with Gasteiger partial charge in [-0.15, -0.1) is 0 Å². The third-order valence-electron chi connectivity index (χ3n) is 2.37. The maximum Gasteiger partial charge on any atom is 0.316 e. The summed E-state index contributed by atoms with van der Waals surface area (Å²) in [6.45, 7) is 2.25. The van der Waals surface area contributed by atoms with Crippen molar-refractivity contribution in [3.8, 4) is 0 Å². The zero-order valence-corrected chi connectivity index (χ0v) is 8.97. The highest BCUT2D eigenvalue weighted by molar-refractivity contribution is 9.09. The summed E-state index contributed by atoms with van der Waals surface area (Å²) in [6, 6.07) is 0. The monoisotopic (exact) mass is 234 g/mol. The Hall–Kier alpha value is -0.0500. The van der Waals surface area contributed by atoms with Crippen LogP contribution in [0.3, 0.4) is 0 Å². The second kappa shape index (κ2) is 4.85. The maximum atomic E-state index is 10.9. The second-order valence-corrected chi connectivity index (χ2v) is 4.07. The molecule has 0 amide bonds. The Balaban J connectivity index is 2.21. The van der Waals surface area contributed by atoms with Crippen LogP contribution >= 0.6 is 15.9 Å². The van der Waals surface area contributed by atoms with E-state index in [2.05, 4.69) is 22.9 Å². The number of carbonyl (C=O) groups is 1. The summed E-state index contributed by atoms with van der Waals surface area (Å²) in [5, 5.41) is 0.319. The predicted octanol–water partition coefficient (Wildman–Crippen LogP) is 2.50. The molecule has 0 atom stereocenters. The highest BCUT2D eigenvalue weighted by Crippen LogP contribution is 2.25. The minimum atomic E-state index is -0.130. The van der Waals surface area contributed by atoms with Crippen molar-refractivity contribution >= 4 is 21.9 Å². The molecule has 0 aromatic carbocycles. The number of esters is 1. The van der Waals surface area contributed by atoms with E-state index in [4.69, 9.17) is 4.74 Å². The minimum absolute atomic E-state index is 0.130. The molecule has 0 unspecified atom stereocenters. The van der Waals surface area contributed by atoms with Crippen molar-refractivity contribution in [1.29, 1.82) is 0 Å². The summed E-state index contributed by atoms with van der Waals surface area (Å²) in [5.74, 6) is 0.679. The van der Waals surface area contributed by atoms with E-state index in [0.29, 0.717) is 5.33 Å². The minimum Gasteiger partial charge on any atom is -0.462 e. The molecule has 2 nitrogen and oxygen atoms in total. The van der Waals surface area contributed by atoms with E-state index in [1.165, 1.54) is 12.8 Å². The fraction of sp³-hybridized carbons (Fsp3) is 0.889. The molecule has 0 aromatic rings. The molecule has 0 saturated heterocycles. The molecule has 1 rings (SSSR count). The van der Waals surface area contributed by atoms with Crippen LogP contribution in [0.4, 0.5) is 0 Å². The van der Waals surface area contributed by atoms with Crippen molar-refractivity contribution in [2.24, 2.45) is 5.92 Å². The van der Waals surface area contributed by atoms with Gasteiger partial charge in [0.1, 0.15) is 11.4 Å². The fourth-order valence-corrected chi connectivity index (χ4v) is 1.70. The number of ether oxygens (including phenoxy) is 1. The molecule has 1 fully saturated rings. The molecule has 1 aliphatic rings. The van der Waals surface area contributed by atoms with Crippen LogP contribution in [0.2, 0.25) is 0 Å². The van der Waals surface area contributed by atoms with Gasteiger partial charge in [0.25, 0.3) is 0 Å². The topological polar surface area (TPSA) is 26.3 Å². The lowest BCUT2D eigenvalue weighted by Crippen LogP contribution is -2.23. The predicted molar refractivity (Wildman–Crippen MR) is 51.3 cm³/mol. The van der Waals surface area contributed by atoms with E-state index in [-0.39, 0.29) is 12.1 Å². The molecule has 70 valence electrons. The first-order valence-electron chi connectivity index (χ1n) is 4.48. The molecule has 3 heteroatoms. The van der Waals surface area contributed by atoms with E-state index < -0.39 is 0 Å². The Morgan fingerprint density at radius 3 is 2.50 bits per heavy atom. The lowest BCUT2D eigenvalue weighted by atomic mass is 9.89. The molecule has 0 aliphatic heterocycles. The van der Waals surface area contributed by atoms with Crippen LogP contribution in [0.15, 0.2) is 0 Å². The van der Waals surface area contributed by atoms with Crippen molar-refractivity contribution in [3.63, 3.8) is 0 Å². The number of hydrogen-bond donors (Lipinski definition) is 0. The SMILES string of the molecule is CC1CCC(OC(=O)CBr)CC1. The zero-order chi connectivity index (χ0) is 8.97. The van der Waals surface area contributed by atoms with Gasteiger partial charge in [0.05, 0.1) is 0 Å². The first-order valence-corrected chi connectivity index (χ1v) is 5.60. The van der Waals surface area contributed by atoms with E-state index in [1.54, 1.807) is 0 Å². The average molecular weight is 235 g/mol. The lowest BCUT2D eigenvalue weighted by molar-refractivity contribution is -0.147. The quantitative estimate of drug-likeness (QED) is 0.543. The number of rotatable bonds is 2. The first-order chi connectivity index (χ1) is 5.72. The summed E-state index contributed by atoms with van der Waals surface area (Å²) >= 11 is 3.08. The van der Waals surface area contributed by atoms with Gasteiger partial charge in [-0.3, -0.25) is 4.79 Å². The van der Waals surface area contributed by atoms with Gasteiger partial charge >= 0.3 is 5.97 Å². The van der Waals surface area contributed by atoms with Gasteiger partial charge in [0, 0.05) is 0 Å². The third kappa shape index (κ3) is 3.13. The lowest BCUT2D eigenvalue weighted by Gasteiger charge is -2.25. The summed E-state index contributed by atoms with van der Waals surface area (Å²) < 4.78 is 5.20. The zero-order valence-electron chi connectivity index (χ0n) is 7.38. The van der Waals surface area contributed by atoms with Gasteiger partial charge in [-0.1, -0.05) is 22.9 Å². The third-order valence-corrected chi connectivity index (χ3v) is 2.83. The molecular weight excluding hydrogens is 220 g/mol. The molecule has 0 N–H and O–H groups in total. The number of halogens is 1. The van der Waals surface area contributed by atoms with Crippen molar-refractivity contribution in [3.05, 3.63) is 0 Å². The van der Waals surface area contributed by atoms with Crippen molar-refractivity contribution in [2.75, 3.05) is 5.33 Å². The molecule has 0 bridgehead atoms. The van der Waals surface area contributed by atoms with Gasteiger partial charge in [0.2, 0.25) is 0 Å². The first kappa shape index (κ1) is 10.0. The standard InChI is InChI=1S/C9H15BrO2/c1-7-2-4-8(5-3-7)12-9(11)6-10/h7-8H,2-6H2,1H3. The smallest absolute Gasteiger partial charge is 0.316 e. The maximum absolute atomic E-state index is 10.9. The Morgan fingerprint density at radius 2 is 2.00 bits per heavy atom. The van der Waals surface area contributed by atoms with Crippen LogP contribution in [0.25, 0.3) is 0 Å². The van der Waals surface area contributed by atoms with Gasteiger partial charge in [0.15, 0.2) is 0 Å². The highest BCUT2D eigenvalue weighted by atomic mass is 79.9. The Bertz CT molecular complexity index is 151. The van der Waals surface area contributed by atoms with Crippen LogP contribution in [-0.4, -0.2) is 17.4 Å². The van der Waals surface area contributed by atoms with Gasteiger partial charge < -0.3 is 4.74 Å². The second-order valence-electron chi connectivity index (χ2n) is 3.51. The summed E-state index contributed by atoms with van der Waals surface area (Å²) in [4.78, 5) is 10.9. The number of hydrogen-bond acceptors (Lipinski definition) is 2. The van der Waals surface area contributed by atoms with E-state index >= 15 is 0 Å². The number of alkyl halides is 1. The van der Waals surface area contributed by atoms with Crippen molar-refractivity contribution < 1.29 is 9.53 Å². The Labute approximate surface area is 81.8 Å². The van der Waals surface area contributed by atoms with Crippen LogP contribution in [0.5, 0.6) is 0 Å². The van der Waals surface area contributed by atoms with Crippen LogP contribution in [0.1, 0.15) is 32.6 Å². The van der Waals surface area contributed by atoms with Crippen LogP contribution < -0.4 is 0 Å². The Kier molecular flexibility index (Phi) is 4.06. The largest absolute Gasteiger partial charge is 0.462 e. The van der Waals surface area contributed by atoms with E-state index in [9.17, 15) is 4.79 Å². The number of carbonyl (C=O) groups excluding carboxylic acids is 1. The molecule has 12 heavy (non-hydrogen) atoms. The van der Waals surface area contributed by atoms with Gasteiger partial charge in [-0.25, -0.2) is 0 Å². The summed E-state index contributed by atoms with van der Waals surface area (Å²) in [7, 11) is 0. The normalized spacial score (nSPS) is 29.8. The highest BCUT2D eigenvalue weighted by Gasteiger charge is 2.20. The molecular formula is C9H15BrO2. The van der Waals surface area contributed by atoms with Gasteiger partial charge in [-0.2, -0.15) is 0 Å². The molecule has 0 aromatic heterocycles. The van der Waals surface area contributed by atoms with E-state index in [1.807, 2.05) is 0 Å². The Morgan fingerprint density at radius 1 is 1.42 bits per heavy atom. The molecule has 1 saturated carbocycles. The molecule has 0 radical (unpaired) electrons. The van der Waals surface area contributed by atoms with Crippen LogP contribution in [-0.2, 0) is 9.53 Å². The van der Waals surface area contributed by atoms with Crippen molar-refractivity contribution in [2.45, 2.75) is 38.7 Å². The molecule has 0 spiro atoms. The molecule has 1 aliphatic carbocycles. The van der Waals surface area contributed by atoms with Crippen LogP contribution in [0, 0.1) is 5.92 Å². The van der Waals surface area contributed by atoms with E-state index in [0.717, 1.165) is 18.8 Å².